The van der Waals surface area contributed by atoms with Gasteiger partial charge in [-0.15, -0.1) is 0 Å². The van der Waals surface area contributed by atoms with Gasteiger partial charge < -0.3 is 19.7 Å². The zero-order valence-electron chi connectivity index (χ0n) is 15.9. The number of nitrogens with zero attached hydrogens (tertiary/aromatic N) is 4. The summed E-state index contributed by atoms with van der Waals surface area (Å²) in [5, 5.41) is 21.9. The van der Waals surface area contributed by atoms with Crippen molar-refractivity contribution in [2.75, 3.05) is 0 Å². The normalized spacial score (nSPS) is 21.9. The van der Waals surface area contributed by atoms with Crippen LogP contribution in [0.4, 0.5) is 0 Å². The molecule has 3 atom stereocenters. The van der Waals surface area contributed by atoms with Crippen molar-refractivity contribution < 1.29 is 14.4 Å². The van der Waals surface area contributed by atoms with Crippen molar-refractivity contribution in [1.82, 2.24) is 25.2 Å². The van der Waals surface area contributed by atoms with Gasteiger partial charge in [0.15, 0.2) is 6.61 Å². The van der Waals surface area contributed by atoms with Crippen LogP contribution in [-0.4, -0.2) is 37.2 Å². The van der Waals surface area contributed by atoms with E-state index in [2.05, 4.69) is 20.6 Å². The van der Waals surface area contributed by atoms with Gasteiger partial charge in [0.05, 0.1) is 6.10 Å². The second-order valence-corrected chi connectivity index (χ2v) is 7.28. The van der Waals surface area contributed by atoms with Crippen molar-refractivity contribution in [2.45, 2.75) is 51.6 Å². The summed E-state index contributed by atoms with van der Waals surface area (Å²) in [6, 6.07) is 9.93. The van der Waals surface area contributed by atoms with Gasteiger partial charge in [0.25, 0.3) is 0 Å². The maximum Gasteiger partial charge on any atom is 0.223 e. The zero-order chi connectivity index (χ0) is 19.3. The maximum absolute atomic E-state index is 10.4. The Morgan fingerprint density at radius 1 is 1.29 bits per heavy atom. The Hall–Kier alpha value is -2.71. The molecule has 0 bridgehead atoms. The fraction of sp³-hybridized carbons (Fsp3) is 0.450. The van der Waals surface area contributed by atoms with Crippen molar-refractivity contribution in [2.24, 2.45) is 5.92 Å². The molecule has 2 aromatic heterocycles. The van der Waals surface area contributed by atoms with Gasteiger partial charge in [-0.05, 0) is 42.5 Å². The summed E-state index contributed by atoms with van der Waals surface area (Å²) in [5.74, 6) is 2.26. The van der Waals surface area contributed by atoms with Crippen LogP contribution in [0.5, 0.6) is 5.75 Å². The van der Waals surface area contributed by atoms with Crippen molar-refractivity contribution in [1.29, 1.82) is 0 Å². The summed E-state index contributed by atoms with van der Waals surface area (Å²) >= 11 is 0. The van der Waals surface area contributed by atoms with Crippen LogP contribution < -0.4 is 10.1 Å². The molecule has 1 unspecified atom stereocenters. The summed E-state index contributed by atoms with van der Waals surface area (Å²) < 4.78 is 12.5. The minimum atomic E-state index is -0.318. The Morgan fingerprint density at radius 3 is 2.86 bits per heavy atom. The lowest BCUT2D eigenvalue weighted by Gasteiger charge is -2.16. The average Bonchev–Trinajstić information content (AvgIpc) is 3.42. The molecule has 0 amide bonds. The third kappa shape index (κ3) is 4.76. The van der Waals surface area contributed by atoms with Crippen molar-refractivity contribution in [3.63, 3.8) is 0 Å². The topological polar surface area (TPSA) is 98.2 Å². The molecule has 8 heteroatoms. The van der Waals surface area contributed by atoms with E-state index in [1.165, 1.54) is 0 Å². The van der Waals surface area contributed by atoms with Crippen LogP contribution in [0.15, 0.2) is 47.2 Å². The predicted octanol–water partition coefficient (Wildman–Crippen LogP) is 2.08. The molecule has 0 saturated heterocycles. The lowest BCUT2D eigenvalue weighted by atomic mass is 10.1. The van der Waals surface area contributed by atoms with Crippen LogP contribution in [0.1, 0.15) is 30.1 Å². The van der Waals surface area contributed by atoms with E-state index in [4.69, 9.17) is 9.26 Å². The molecule has 2 heterocycles. The Bertz CT molecular complexity index is 862. The van der Waals surface area contributed by atoms with Gasteiger partial charge in [-0.2, -0.15) is 10.1 Å². The molecule has 1 saturated carbocycles. The highest BCUT2D eigenvalue weighted by Gasteiger charge is 2.32. The minimum Gasteiger partial charge on any atom is -0.485 e. The first-order valence-electron chi connectivity index (χ1n) is 9.55. The standard InChI is InChI=1S/C20H25N5O3/c1-14-23-20(24-28-14)13-27-17-5-3-15(4-6-17)11-21-18-9-16(10-19(18)26)12-25-8-2-7-22-25/h2-8,16,18-19,21,26H,9-13H2,1H3/t16?,18-,19-/m1/s1. The number of aliphatic hydroxyl groups excluding tert-OH is 1. The number of ether oxygens (including phenoxy) is 1. The molecule has 3 aromatic rings. The Kier molecular flexibility index (Phi) is 5.68. The first-order chi connectivity index (χ1) is 13.7. The average molecular weight is 383 g/mol. The monoisotopic (exact) mass is 383 g/mol. The molecule has 1 aliphatic rings. The van der Waals surface area contributed by atoms with Gasteiger partial charge in [-0.1, -0.05) is 17.3 Å². The van der Waals surface area contributed by atoms with E-state index in [1.807, 2.05) is 41.2 Å². The van der Waals surface area contributed by atoms with Crippen molar-refractivity contribution >= 4 is 0 Å². The first-order valence-corrected chi connectivity index (χ1v) is 9.55. The van der Waals surface area contributed by atoms with E-state index in [0.29, 0.717) is 24.2 Å². The maximum atomic E-state index is 10.4. The van der Waals surface area contributed by atoms with Gasteiger partial charge >= 0.3 is 0 Å². The Balaban J connectivity index is 1.23. The summed E-state index contributed by atoms with van der Waals surface area (Å²) in [6.07, 6.45) is 5.20. The quantitative estimate of drug-likeness (QED) is 0.614. The number of benzene rings is 1. The molecule has 1 fully saturated rings. The van der Waals surface area contributed by atoms with Gasteiger partial charge in [0.1, 0.15) is 5.75 Å². The van der Waals surface area contributed by atoms with Crippen LogP contribution in [0.3, 0.4) is 0 Å². The highest BCUT2D eigenvalue weighted by molar-refractivity contribution is 5.27. The summed E-state index contributed by atoms with van der Waals surface area (Å²) in [4.78, 5) is 4.11. The third-order valence-corrected chi connectivity index (χ3v) is 5.06. The number of aliphatic hydroxyl groups is 1. The Morgan fingerprint density at radius 2 is 2.14 bits per heavy atom. The van der Waals surface area contributed by atoms with E-state index in [1.54, 1.807) is 13.1 Å². The molecule has 4 rings (SSSR count). The summed E-state index contributed by atoms with van der Waals surface area (Å²) in [5.41, 5.74) is 1.14. The predicted molar refractivity (Wildman–Crippen MR) is 101 cm³/mol. The molecular formula is C20H25N5O3. The van der Waals surface area contributed by atoms with Crippen LogP contribution in [-0.2, 0) is 19.7 Å². The first kappa shape index (κ1) is 18.6. The van der Waals surface area contributed by atoms with Gasteiger partial charge in [0, 0.05) is 38.4 Å². The van der Waals surface area contributed by atoms with Crippen LogP contribution in [0, 0.1) is 12.8 Å². The number of rotatable bonds is 8. The van der Waals surface area contributed by atoms with Crippen molar-refractivity contribution in [3.05, 3.63) is 60.0 Å². The van der Waals surface area contributed by atoms with Crippen LogP contribution in [0.25, 0.3) is 0 Å². The zero-order valence-corrected chi connectivity index (χ0v) is 15.9. The second kappa shape index (κ2) is 8.53. The summed E-state index contributed by atoms with van der Waals surface area (Å²) in [6.45, 7) is 3.59. The van der Waals surface area contributed by atoms with Crippen LogP contribution in [0.2, 0.25) is 0 Å². The molecular weight excluding hydrogens is 358 g/mol. The van der Waals surface area contributed by atoms with Crippen LogP contribution >= 0.6 is 0 Å². The highest BCUT2D eigenvalue weighted by atomic mass is 16.5. The number of hydrogen-bond donors (Lipinski definition) is 2. The highest BCUT2D eigenvalue weighted by Crippen LogP contribution is 2.27. The lowest BCUT2D eigenvalue weighted by Crippen LogP contribution is -2.35. The fourth-order valence-corrected chi connectivity index (χ4v) is 3.66. The second-order valence-electron chi connectivity index (χ2n) is 7.28. The van der Waals surface area contributed by atoms with E-state index >= 15 is 0 Å². The number of aryl methyl sites for hydroxylation is 1. The van der Waals surface area contributed by atoms with Gasteiger partial charge in [-0.3, -0.25) is 4.68 Å². The van der Waals surface area contributed by atoms with Gasteiger partial charge in [-0.25, -0.2) is 0 Å². The van der Waals surface area contributed by atoms with E-state index < -0.39 is 0 Å². The molecule has 1 aromatic carbocycles. The minimum absolute atomic E-state index is 0.109. The molecule has 0 radical (unpaired) electrons. The van der Waals surface area contributed by atoms with E-state index in [-0.39, 0.29) is 18.8 Å². The summed E-state index contributed by atoms with van der Waals surface area (Å²) in [7, 11) is 0. The molecule has 148 valence electrons. The Labute approximate surface area is 163 Å². The van der Waals surface area contributed by atoms with Gasteiger partial charge in [0.2, 0.25) is 11.7 Å². The molecule has 28 heavy (non-hydrogen) atoms. The third-order valence-electron chi connectivity index (χ3n) is 5.06. The number of nitrogens with one attached hydrogen (secondary N) is 1. The molecule has 8 nitrogen and oxygen atoms in total. The smallest absolute Gasteiger partial charge is 0.223 e. The lowest BCUT2D eigenvalue weighted by molar-refractivity contribution is 0.145. The van der Waals surface area contributed by atoms with E-state index in [0.717, 1.165) is 30.7 Å². The number of hydrogen-bond acceptors (Lipinski definition) is 7. The SMILES string of the molecule is Cc1nc(COc2ccc(CN[C@@H]3CC(Cn4cccn4)C[C@H]3O)cc2)no1. The van der Waals surface area contributed by atoms with Crippen molar-refractivity contribution in [3.8, 4) is 5.75 Å². The fourth-order valence-electron chi connectivity index (χ4n) is 3.66. The number of aromatic nitrogens is 4. The molecule has 0 aliphatic heterocycles. The molecule has 1 aliphatic carbocycles. The molecule has 2 N–H and O–H groups in total. The van der Waals surface area contributed by atoms with E-state index in [9.17, 15) is 5.11 Å². The molecule has 0 spiro atoms. The largest absolute Gasteiger partial charge is 0.485 e.